The van der Waals surface area contributed by atoms with Gasteiger partial charge in [-0.25, -0.2) is 0 Å². The standard InChI is InChI=1S/C20H30O7/c1-25-16-5-6-20(24,10-15(16)23)19-14(11-22)13-8-12(4-3-7-21)9-17(26-2)18(13)27-19/h8-9,14-16,19,21-24H,3-7,10-11H2,1-2H3/t14-,15-,16-,19?,20-/m0/s1. The van der Waals surface area contributed by atoms with E-state index in [1.165, 1.54) is 0 Å². The monoisotopic (exact) mass is 382 g/mol. The normalized spacial score (nSPS) is 32.8. The largest absolute Gasteiger partial charge is 0.493 e. The summed E-state index contributed by atoms with van der Waals surface area (Å²) < 4.78 is 16.9. The predicted octanol–water partition coefficient (Wildman–Crippen LogP) is 0.748. The van der Waals surface area contributed by atoms with E-state index in [-0.39, 0.29) is 25.7 Å². The Balaban J connectivity index is 1.91. The summed E-state index contributed by atoms with van der Waals surface area (Å²) in [5, 5.41) is 40.8. The van der Waals surface area contributed by atoms with Crippen molar-refractivity contribution in [2.75, 3.05) is 27.4 Å². The van der Waals surface area contributed by atoms with Crippen LogP contribution in [0.25, 0.3) is 0 Å². The molecule has 0 bridgehead atoms. The summed E-state index contributed by atoms with van der Waals surface area (Å²) in [7, 11) is 3.10. The topological polar surface area (TPSA) is 109 Å². The van der Waals surface area contributed by atoms with Gasteiger partial charge in [0.15, 0.2) is 11.5 Å². The van der Waals surface area contributed by atoms with Crippen LogP contribution in [-0.2, 0) is 11.2 Å². The average molecular weight is 382 g/mol. The second kappa shape index (κ2) is 8.32. The molecular formula is C20H30O7. The maximum Gasteiger partial charge on any atom is 0.165 e. The third-order valence-electron chi connectivity index (χ3n) is 5.88. The lowest BCUT2D eigenvalue weighted by Crippen LogP contribution is -2.55. The molecule has 1 aliphatic carbocycles. The van der Waals surface area contributed by atoms with Crippen LogP contribution in [0, 0.1) is 0 Å². The van der Waals surface area contributed by atoms with Crippen LogP contribution in [-0.4, -0.2) is 71.8 Å². The van der Waals surface area contributed by atoms with Crippen molar-refractivity contribution in [3.63, 3.8) is 0 Å². The van der Waals surface area contributed by atoms with Crippen molar-refractivity contribution >= 4 is 0 Å². The highest BCUT2D eigenvalue weighted by Gasteiger charge is 2.52. The molecule has 1 aromatic carbocycles. The lowest BCUT2D eigenvalue weighted by Gasteiger charge is -2.43. The van der Waals surface area contributed by atoms with E-state index in [1.807, 2.05) is 12.1 Å². The van der Waals surface area contributed by atoms with Crippen molar-refractivity contribution in [2.45, 2.75) is 61.9 Å². The van der Waals surface area contributed by atoms with Gasteiger partial charge in [0.25, 0.3) is 0 Å². The Morgan fingerprint density at radius 1 is 1.26 bits per heavy atom. The molecule has 7 nitrogen and oxygen atoms in total. The quantitative estimate of drug-likeness (QED) is 0.551. The molecule has 0 radical (unpaired) electrons. The second-order valence-electron chi connectivity index (χ2n) is 7.56. The van der Waals surface area contributed by atoms with Gasteiger partial charge in [-0.15, -0.1) is 0 Å². The average Bonchev–Trinajstić information content (AvgIpc) is 3.05. The van der Waals surface area contributed by atoms with E-state index in [1.54, 1.807) is 14.2 Å². The second-order valence-corrected chi connectivity index (χ2v) is 7.56. The number of fused-ring (bicyclic) bond motifs is 1. The fraction of sp³-hybridized carbons (Fsp3) is 0.700. The molecule has 4 N–H and O–H groups in total. The van der Waals surface area contributed by atoms with Crippen molar-refractivity contribution in [3.8, 4) is 11.5 Å². The Labute approximate surface area is 159 Å². The summed E-state index contributed by atoms with van der Waals surface area (Å²) in [6.45, 7) is -0.0867. The zero-order valence-corrected chi connectivity index (χ0v) is 15.9. The molecule has 0 saturated heterocycles. The molecule has 5 atom stereocenters. The van der Waals surface area contributed by atoms with Gasteiger partial charge in [-0.3, -0.25) is 0 Å². The summed E-state index contributed by atoms with van der Waals surface area (Å²) >= 11 is 0. The molecule has 0 spiro atoms. The van der Waals surface area contributed by atoms with Crippen LogP contribution in [0.15, 0.2) is 12.1 Å². The van der Waals surface area contributed by atoms with Crippen molar-refractivity contribution in [3.05, 3.63) is 23.3 Å². The molecule has 1 fully saturated rings. The Bertz CT molecular complexity index is 649. The molecule has 1 heterocycles. The van der Waals surface area contributed by atoms with Gasteiger partial charge in [-0.05, 0) is 37.3 Å². The Kier molecular flexibility index (Phi) is 6.28. The molecule has 7 heteroatoms. The molecule has 1 unspecified atom stereocenters. The van der Waals surface area contributed by atoms with Gasteiger partial charge in [0.2, 0.25) is 0 Å². The number of methoxy groups -OCH3 is 2. The van der Waals surface area contributed by atoms with Gasteiger partial charge < -0.3 is 34.6 Å². The number of ether oxygens (including phenoxy) is 3. The van der Waals surface area contributed by atoms with E-state index in [2.05, 4.69) is 0 Å². The third kappa shape index (κ3) is 3.79. The predicted molar refractivity (Wildman–Crippen MR) is 98.2 cm³/mol. The minimum atomic E-state index is -1.27. The SMILES string of the molecule is COc1cc(CCCO)cc2c1OC([C@]1(O)CC[C@H](OC)[C@@H](O)C1)[C@H]2CO. The molecule has 3 rings (SSSR count). The van der Waals surface area contributed by atoms with Gasteiger partial charge in [-0.2, -0.15) is 0 Å². The first-order valence-corrected chi connectivity index (χ1v) is 9.49. The number of benzene rings is 1. The molecule has 1 saturated carbocycles. The number of hydrogen-bond acceptors (Lipinski definition) is 7. The summed E-state index contributed by atoms with van der Waals surface area (Å²) in [6, 6.07) is 3.82. The molecule has 152 valence electrons. The Hall–Kier alpha value is -1.38. The van der Waals surface area contributed by atoms with E-state index in [0.717, 1.165) is 11.1 Å². The maximum atomic E-state index is 11.3. The van der Waals surface area contributed by atoms with Crippen LogP contribution >= 0.6 is 0 Å². The molecule has 0 aromatic heterocycles. The van der Waals surface area contributed by atoms with E-state index < -0.39 is 23.7 Å². The highest BCUT2D eigenvalue weighted by molar-refractivity contribution is 5.54. The first-order valence-electron chi connectivity index (χ1n) is 9.49. The zero-order chi connectivity index (χ0) is 19.6. The van der Waals surface area contributed by atoms with Gasteiger partial charge in [0.05, 0.1) is 31.8 Å². The van der Waals surface area contributed by atoms with Crippen LogP contribution in [0.3, 0.4) is 0 Å². The Morgan fingerprint density at radius 2 is 2.04 bits per heavy atom. The van der Waals surface area contributed by atoms with E-state index in [0.29, 0.717) is 37.2 Å². The highest BCUT2D eigenvalue weighted by atomic mass is 16.5. The lowest BCUT2D eigenvalue weighted by atomic mass is 9.73. The van der Waals surface area contributed by atoms with E-state index >= 15 is 0 Å². The van der Waals surface area contributed by atoms with Crippen molar-refractivity contribution in [2.24, 2.45) is 0 Å². The number of hydrogen-bond donors (Lipinski definition) is 4. The molecule has 27 heavy (non-hydrogen) atoms. The maximum absolute atomic E-state index is 11.3. The minimum Gasteiger partial charge on any atom is -0.493 e. The molecule has 2 aliphatic rings. The highest BCUT2D eigenvalue weighted by Crippen LogP contribution is 2.50. The van der Waals surface area contributed by atoms with Crippen LogP contribution < -0.4 is 9.47 Å². The minimum absolute atomic E-state index is 0.0975. The molecule has 1 aromatic rings. The summed E-state index contributed by atoms with van der Waals surface area (Å²) in [5.74, 6) is 0.668. The fourth-order valence-corrected chi connectivity index (χ4v) is 4.43. The number of aliphatic hydroxyl groups excluding tert-OH is 3. The van der Waals surface area contributed by atoms with Gasteiger partial charge in [0.1, 0.15) is 11.7 Å². The van der Waals surface area contributed by atoms with Crippen LogP contribution in [0.1, 0.15) is 42.7 Å². The van der Waals surface area contributed by atoms with E-state index in [9.17, 15) is 15.3 Å². The number of aliphatic hydroxyl groups is 4. The first kappa shape index (κ1) is 20.4. The summed E-state index contributed by atoms with van der Waals surface area (Å²) in [5.41, 5.74) is 0.515. The smallest absolute Gasteiger partial charge is 0.165 e. The fourth-order valence-electron chi connectivity index (χ4n) is 4.43. The lowest BCUT2D eigenvalue weighted by molar-refractivity contribution is -0.152. The van der Waals surface area contributed by atoms with Crippen LogP contribution in [0.4, 0.5) is 0 Å². The van der Waals surface area contributed by atoms with Crippen molar-refractivity contribution < 1.29 is 34.6 Å². The molecule has 1 aliphatic heterocycles. The third-order valence-corrected chi connectivity index (χ3v) is 5.88. The van der Waals surface area contributed by atoms with Gasteiger partial charge in [-0.1, -0.05) is 6.07 Å². The summed E-state index contributed by atoms with van der Waals surface area (Å²) in [4.78, 5) is 0. The van der Waals surface area contributed by atoms with Gasteiger partial charge in [0, 0.05) is 25.7 Å². The first-order chi connectivity index (χ1) is 13.0. The van der Waals surface area contributed by atoms with E-state index in [4.69, 9.17) is 19.3 Å². The van der Waals surface area contributed by atoms with Gasteiger partial charge >= 0.3 is 0 Å². The van der Waals surface area contributed by atoms with Crippen molar-refractivity contribution in [1.29, 1.82) is 0 Å². The van der Waals surface area contributed by atoms with Crippen molar-refractivity contribution in [1.82, 2.24) is 0 Å². The molecule has 0 amide bonds. The number of rotatable bonds is 7. The molecular weight excluding hydrogens is 352 g/mol. The van der Waals surface area contributed by atoms with Crippen LogP contribution in [0.2, 0.25) is 0 Å². The zero-order valence-electron chi connectivity index (χ0n) is 15.9. The van der Waals surface area contributed by atoms with Crippen LogP contribution in [0.5, 0.6) is 11.5 Å². The number of aryl methyl sites for hydroxylation is 1. The Morgan fingerprint density at radius 3 is 2.63 bits per heavy atom. The summed E-state index contributed by atoms with van der Waals surface area (Å²) in [6.07, 6.45) is 0.598.